The number of nitrogens with one attached hydrogen (secondary N) is 1. The fourth-order valence-corrected chi connectivity index (χ4v) is 1.65. The number of anilines is 1. The lowest BCUT2D eigenvalue weighted by Crippen LogP contribution is -2.14. The van der Waals surface area contributed by atoms with Crippen LogP contribution in [-0.4, -0.2) is 11.0 Å². The largest absolute Gasteiger partial charge is 0.506 e. The van der Waals surface area contributed by atoms with E-state index in [4.69, 9.17) is 11.6 Å². The van der Waals surface area contributed by atoms with Crippen LogP contribution in [0.25, 0.3) is 0 Å². The molecule has 1 amide bonds. The van der Waals surface area contributed by atoms with Crippen molar-refractivity contribution in [1.29, 1.82) is 0 Å². The average molecular weight is 284 g/mol. The normalized spacial score (nSPS) is 10.3. The van der Waals surface area contributed by atoms with Crippen LogP contribution in [0.15, 0.2) is 36.4 Å². The molecule has 2 rings (SSSR count). The Kier molecular flexibility index (Phi) is 3.66. The molecule has 2 N–H and O–H groups in total. The highest BCUT2D eigenvalue weighted by Crippen LogP contribution is 2.27. The summed E-state index contributed by atoms with van der Waals surface area (Å²) in [5.41, 5.74) is -0.444. The number of halogens is 3. The second-order valence-corrected chi connectivity index (χ2v) is 4.15. The molecular weight excluding hydrogens is 276 g/mol. The van der Waals surface area contributed by atoms with Gasteiger partial charge in [0, 0.05) is 5.02 Å². The van der Waals surface area contributed by atoms with E-state index in [2.05, 4.69) is 5.32 Å². The van der Waals surface area contributed by atoms with Crippen molar-refractivity contribution in [2.45, 2.75) is 0 Å². The quantitative estimate of drug-likeness (QED) is 0.828. The van der Waals surface area contributed by atoms with Crippen LogP contribution in [-0.2, 0) is 0 Å². The molecule has 0 saturated carbocycles. The number of rotatable bonds is 2. The van der Waals surface area contributed by atoms with Gasteiger partial charge in [-0.2, -0.15) is 0 Å². The van der Waals surface area contributed by atoms with Crippen molar-refractivity contribution in [2.75, 3.05) is 5.32 Å². The minimum atomic E-state index is -1.25. The number of hydrogen-bond donors (Lipinski definition) is 2. The predicted molar refractivity (Wildman–Crippen MR) is 67.4 cm³/mol. The maximum atomic E-state index is 13.4. The first-order chi connectivity index (χ1) is 8.99. The van der Waals surface area contributed by atoms with Crippen molar-refractivity contribution < 1.29 is 18.7 Å². The SMILES string of the molecule is O=C(Nc1cc(Cl)ccc1O)c1cccc(F)c1F. The summed E-state index contributed by atoms with van der Waals surface area (Å²) >= 11 is 5.71. The van der Waals surface area contributed by atoms with Crippen LogP contribution in [0.5, 0.6) is 5.75 Å². The third-order valence-electron chi connectivity index (χ3n) is 2.40. The van der Waals surface area contributed by atoms with Crippen LogP contribution in [0, 0.1) is 11.6 Å². The van der Waals surface area contributed by atoms with Gasteiger partial charge in [-0.15, -0.1) is 0 Å². The second-order valence-electron chi connectivity index (χ2n) is 3.72. The van der Waals surface area contributed by atoms with Gasteiger partial charge in [0.25, 0.3) is 5.91 Å². The lowest BCUT2D eigenvalue weighted by molar-refractivity contribution is 0.102. The van der Waals surface area contributed by atoms with Gasteiger partial charge in [-0.1, -0.05) is 17.7 Å². The smallest absolute Gasteiger partial charge is 0.258 e. The molecule has 0 aliphatic carbocycles. The number of benzene rings is 2. The Morgan fingerprint density at radius 2 is 1.95 bits per heavy atom. The maximum absolute atomic E-state index is 13.4. The number of amides is 1. The van der Waals surface area contributed by atoms with E-state index in [-0.39, 0.29) is 16.5 Å². The van der Waals surface area contributed by atoms with Gasteiger partial charge in [0.15, 0.2) is 11.6 Å². The molecule has 0 radical (unpaired) electrons. The van der Waals surface area contributed by atoms with E-state index in [9.17, 15) is 18.7 Å². The molecule has 0 bridgehead atoms. The lowest BCUT2D eigenvalue weighted by atomic mass is 10.2. The molecule has 2 aromatic carbocycles. The molecule has 98 valence electrons. The molecule has 3 nitrogen and oxygen atoms in total. The van der Waals surface area contributed by atoms with Crippen LogP contribution in [0.3, 0.4) is 0 Å². The molecule has 0 aliphatic heterocycles. The molecule has 0 aliphatic rings. The monoisotopic (exact) mass is 283 g/mol. The third kappa shape index (κ3) is 2.82. The van der Waals surface area contributed by atoms with Crippen molar-refractivity contribution in [3.05, 3.63) is 58.6 Å². The Morgan fingerprint density at radius 3 is 2.68 bits per heavy atom. The highest BCUT2D eigenvalue weighted by Gasteiger charge is 2.16. The average Bonchev–Trinajstić information content (AvgIpc) is 2.37. The summed E-state index contributed by atoms with van der Waals surface area (Å²) in [5.74, 6) is -3.48. The molecule has 2 aromatic rings. The molecule has 0 heterocycles. The first-order valence-corrected chi connectivity index (χ1v) is 5.60. The Hall–Kier alpha value is -2.14. The number of carbonyl (C=O) groups excluding carboxylic acids is 1. The van der Waals surface area contributed by atoms with Crippen molar-refractivity contribution in [3.8, 4) is 5.75 Å². The summed E-state index contributed by atoms with van der Waals surface area (Å²) < 4.78 is 26.4. The molecular formula is C13H8ClF2NO2. The summed E-state index contributed by atoms with van der Waals surface area (Å²) in [6.45, 7) is 0. The molecule has 0 atom stereocenters. The van der Waals surface area contributed by atoms with Crippen LogP contribution in [0.2, 0.25) is 5.02 Å². The van der Waals surface area contributed by atoms with Gasteiger partial charge < -0.3 is 10.4 Å². The topological polar surface area (TPSA) is 49.3 Å². The fraction of sp³-hybridized carbons (Fsp3) is 0. The van der Waals surface area contributed by atoms with Crippen molar-refractivity contribution in [1.82, 2.24) is 0 Å². The minimum absolute atomic E-state index is 0.0150. The number of aromatic hydroxyl groups is 1. The van der Waals surface area contributed by atoms with E-state index in [1.807, 2.05) is 0 Å². The molecule has 6 heteroatoms. The third-order valence-corrected chi connectivity index (χ3v) is 2.64. The number of phenols is 1. The van der Waals surface area contributed by atoms with Gasteiger partial charge in [-0.3, -0.25) is 4.79 Å². The Balaban J connectivity index is 2.31. The fourth-order valence-electron chi connectivity index (χ4n) is 1.48. The Labute approximate surface area is 112 Å². The summed E-state index contributed by atoms with van der Waals surface area (Å²) in [6, 6.07) is 7.25. The van der Waals surface area contributed by atoms with E-state index in [0.29, 0.717) is 0 Å². The number of phenolic OH excluding ortho intramolecular Hbond substituents is 1. The number of carbonyl (C=O) groups is 1. The first kappa shape index (κ1) is 13.3. The van der Waals surface area contributed by atoms with Gasteiger partial charge in [-0.05, 0) is 30.3 Å². The molecule has 0 saturated heterocycles. The van der Waals surface area contributed by atoms with Gasteiger partial charge in [0.2, 0.25) is 0 Å². The Bertz CT molecular complexity index is 647. The highest BCUT2D eigenvalue weighted by atomic mass is 35.5. The second kappa shape index (κ2) is 5.24. The molecule has 0 fully saturated rings. The zero-order chi connectivity index (χ0) is 14.0. The van der Waals surface area contributed by atoms with Gasteiger partial charge in [0.1, 0.15) is 5.75 Å². The Morgan fingerprint density at radius 1 is 1.21 bits per heavy atom. The van der Waals surface area contributed by atoms with E-state index < -0.39 is 23.1 Å². The van der Waals surface area contributed by atoms with Crippen LogP contribution in [0.4, 0.5) is 14.5 Å². The van der Waals surface area contributed by atoms with Gasteiger partial charge >= 0.3 is 0 Å². The van der Waals surface area contributed by atoms with Crippen LogP contribution < -0.4 is 5.32 Å². The summed E-state index contributed by atoms with van der Waals surface area (Å²) in [7, 11) is 0. The number of hydrogen-bond acceptors (Lipinski definition) is 2. The lowest BCUT2D eigenvalue weighted by Gasteiger charge is -2.08. The van der Waals surface area contributed by atoms with Crippen LogP contribution >= 0.6 is 11.6 Å². The van der Waals surface area contributed by atoms with Crippen molar-refractivity contribution in [3.63, 3.8) is 0 Å². The zero-order valence-electron chi connectivity index (χ0n) is 9.45. The van der Waals surface area contributed by atoms with Crippen molar-refractivity contribution >= 4 is 23.2 Å². The summed E-state index contributed by atoms with van der Waals surface area (Å²) in [4.78, 5) is 11.8. The molecule has 19 heavy (non-hydrogen) atoms. The summed E-state index contributed by atoms with van der Waals surface area (Å²) in [6.07, 6.45) is 0. The maximum Gasteiger partial charge on any atom is 0.258 e. The standard InChI is InChI=1S/C13H8ClF2NO2/c14-7-4-5-11(18)10(6-7)17-13(19)8-2-1-3-9(15)12(8)16/h1-6,18H,(H,17,19). The molecule has 0 unspecified atom stereocenters. The zero-order valence-corrected chi connectivity index (χ0v) is 10.2. The summed E-state index contributed by atoms with van der Waals surface area (Å²) in [5, 5.41) is 12.1. The van der Waals surface area contributed by atoms with Crippen molar-refractivity contribution in [2.24, 2.45) is 0 Å². The van der Waals surface area contributed by atoms with E-state index in [1.54, 1.807) is 0 Å². The highest BCUT2D eigenvalue weighted by molar-refractivity contribution is 6.31. The van der Waals surface area contributed by atoms with Crippen LogP contribution in [0.1, 0.15) is 10.4 Å². The molecule has 0 spiro atoms. The first-order valence-electron chi connectivity index (χ1n) is 5.23. The molecule has 0 aromatic heterocycles. The predicted octanol–water partition coefficient (Wildman–Crippen LogP) is 3.58. The van der Waals surface area contributed by atoms with E-state index >= 15 is 0 Å². The van der Waals surface area contributed by atoms with Gasteiger partial charge in [-0.25, -0.2) is 8.78 Å². The van der Waals surface area contributed by atoms with E-state index in [0.717, 1.165) is 12.1 Å². The van der Waals surface area contributed by atoms with Gasteiger partial charge in [0.05, 0.1) is 11.3 Å². The van der Waals surface area contributed by atoms with E-state index in [1.165, 1.54) is 24.3 Å². The minimum Gasteiger partial charge on any atom is -0.506 e.